The van der Waals surface area contributed by atoms with E-state index in [0.717, 1.165) is 6.42 Å². The molecule has 7 nitrogen and oxygen atoms in total. The summed E-state index contributed by atoms with van der Waals surface area (Å²) in [7, 11) is 0. The van der Waals surface area contributed by atoms with Crippen LogP contribution in [0, 0.1) is 6.92 Å². The SMILES string of the molecule is CCCN(CC(=O)Nc1cc(C)on1)C(=O)COc1ccccc1. The molecule has 0 aliphatic carbocycles. The highest BCUT2D eigenvalue weighted by Gasteiger charge is 2.18. The second kappa shape index (κ2) is 8.71. The average molecular weight is 331 g/mol. The number of carbonyl (C=O) groups excluding carboxylic acids is 2. The van der Waals surface area contributed by atoms with Crippen LogP contribution in [0.25, 0.3) is 0 Å². The number of benzene rings is 1. The van der Waals surface area contributed by atoms with Crippen molar-refractivity contribution >= 4 is 17.6 Å². The van der Waals surface area contributed by atoms with E-state index in [1.54, 1.807) is 25.1 Å². The van der Waals surface area contributed by atoms with Crippen LogP contribution in [0.1, 0.15) is 19.1 Å². The van der Waals surface area contributed by atoms with Gasteiger partial charge < -0.3 is 19.5 Å². The lowest BCUT2D eigenvalue weighted by molar-refractivity contribution is -0.136. The van der Waals surface area contributed by atoms with E-state index >= 15 is 0 Å². The van der Waals surface area contributed by atoms with Crippen LogP contribution in [-0.2, 0) is 9.59 Å². The Kier molecular flexibility index (Phi) is 6.36. The molecule has 0 unspecified atom stereocenters. The van der Waals surface area contributed by atoms with Crippen molar-refractivity contribution in [2.24, 2.45) is 0 Å². The minimum Gasteiger partial charge on any atom is -0.484 e. The van der Waals surface area contributed by atoms with Crippen LogP contribution in [0.5, 0.6) is 5.75 Å². The van der Waals surface area contributed by atoms with Gasteiger partial charge in [-0.25, -0.2) is 0 Å². The summed E-state index contributed by atoms with van der Waals surface area (Å²) < 4.78 is 10.3. The van der Waals surface area contributed by atoms with Gasteiger partial charge in [0.1, 0.15) is 18.1 Å². The lowest BCUT2D eigenvalue weighted by atomic mass is 10.3. The molecule has 0 bridgehead atoms. The Morgan fingerprint density at radius 2 is 2.04 bits per heavy atom. The zero-order valence-electron chi connectivity index (χ0n) is 13.8. The van der Waals surface area contributed by atoms with E-state index in [4.69, 9.17) is 9.26 Å². The van der Waals surface area contributed by atoms with Gasteiger partial charge in [-0.15, -0.1) is 0 Å². The molecule has 0 aliphatic rings. The van der Waals surface area contributed by atoms with Gasteiger partial charge in [0.25, 0.3) is 5.91 Å². The van der Waals surface area contributed by atoms with Gasteiger partial charge in [-0.3, -0.25) is 9.59 Å². The smallest absolute Gasteiger partial charge is 0.260 e. The third-order valence-electron chi connectivity index (χ3n) is 3.18. The topological polar surface area (TPSA) is 84.7 Å². The van der Waals surface area contributed by atoms with Crippen molar-refractivity contribution in [3.05, 3.63) is 42.2 Å². The molecule has 128 valence electrons. The molecule has 1 aromatic heterocycles. The molecule has 24 heavy (non-hydrogen) atoms. The summed E-state index contributed by atoms with van der Waals surface area (Å²) in [5.41, 5.74) is 0. The zero-order chi connectivity index (χ0) is 17.4. The number of hydrogen-bond donors (Lipinski definition) is 1. The number of aromatic nitrogens is 1. The summed E-state index contributed by atoms with van der Waals surface area (Å²) in [4.78, 5) is 25.8. The molecule has 0 saturated carbocycles. The van der Waals surface area contributed by atoms with Crippen LogP contribution in [-0.4, -0.2) is 41.6 Å². The predicted molar refractivity (Wildman–Crippen MR) is 88.7 cm³/mol. The fourth-order valence-corrected chi connectivity index (χ4v) is 2.10. The van der Waals surface area contributed by atoms with Gasteiger partial charge in [-0.2, -0.15) is 0 Å². The number of carbonyl (C=O) groups is 2. The third-order valence-corrected chi connectivity index (χ3v) is 3.18. The molecule has 1 aromatic carbocycles. The van der Waals surface area contributed by atoms with Gasteiger partial charge in [0.05, 0.1) is 0 Å². The Bertz CT molecular complexity index is 669. The molecule has 0 spiro atoms. The molecule has 2 aromatic rings. The highest BCUT2D eigenvalue weighted by Crippen LogP contribution is 2.09. The van der Waals surface area contributed by atoms with Gasteiger partial charge in [0.15, 0.2) is 12.4 Å². The average Bonchev–Trinajstić information content (AvgIpc) is 2.98. The maximum absolute atomic E-state index is 12.3. The van der Waals surface area contributed by atoms with Crippen molar-refractivity contribution < 1.29 is 18.8 Å². The number of para-hydroxylation sites is 1. The van der Waals surface area contributed by atoms with E-state index in [1.807, 2.05) is 25.1 Å². The molecule has 1 heterocycles. The van der Waals surface area contributed by atoms with E-state index in [1.165, 1.54) is 4.90 Å². The minimum absolute atomic E-state index is 0.0588. The Hall–Kier alpha value is -2.83. The predicted octanol–water partition coefficient (Wildman–Crippen LogP) is 2.24. The molecule has 0 aliphatic heterocycles. The first-order chi connectivity index (χ1) is 11.6. The standard InChI is InChI=1S/C17H21N3O4/c1-3-9-20(11-16(21)18-15-10-13(2)24-19-15)17(22)12-23-14-7-5-4-6-8-14/h4-8,10H,3,9,11-12H2,1-2H3,(H,18,19,21). The first-order valence-corrected chi connectivity index (χ1v) is 7.77. The summed E-state index contributed by atoms with van der Waals surface area (Å²) in [5, 5.41) is 6.30. The fourth-order valence-electron chi connectivity index (χ4n) is 2.10. The monoisotopic (exact) mass is 331 g/mol. The summed E-state index contributed by atoms with van der Waals surface area (Å²) >= 11 is 0. The van der Waals surface area contributed by atoms with E-state index < -0.39 is 0 Å². The normalized spacial score (nSPS) is 10.2. The molecule has 1 N–H and O–H groups in total. The summed E-state index contributed by atoms with van der Waals surface area (Å²) in [6.07, 6.45) is 0.743. The number of anilines is 1. The van der Waals surface area contributed by atoms with Gasteiger partial charge in [0.2, 0.25) is 5.91 Å². The van der Waals surface area contributed by atoms with Crippen molar-refractivity contribution in [3.8, 4) is 5.75 Å². The van der Waals surface area contributed by atoms with Crippen LogP contribution in [0.2, 0.25) is 0 Å². The van der Waals surface area contributed by atoms with E-state index in [9.17, 15) is 9.59 Å². The second-order valence-corrected chi connectivity index (χ2v) is 5.29. The lowest BCUT2D eigenvalue weighted by Crippen LogP contribution is -2.41. The van der Waals surface area contributed by atoms with Crippen molar-refractivity contribution in [1.82, 2.24) is 10.1 Å². The van der Waals surface area contributed by atoms with Gasteiger partial charge in [-0.05, 0) is 25.5 Å². The summed E-state index contributed by atoms with van der Waals surface area (Å²) in [6, 6.07) is 10.7. The van der Waals surface area contributed by atoms with Crippen molar-refractivity contribution in [3.63, 3.8) is 0 Å². The van der Waals surface area contributed by atoms with Crippen molar-refractivity contribution in [2.45, 2.75) is 20.3 Å². The first-order valence-electron chi connectivity index (χ1n) is 7.77. The maximum Gasteiger partial charge on any atom is 0.260 e. The number of ether oxygens (including phenoxy) is 1. The molecule has 2 rings (SSSR count). The summed E-state index contributed by atoms with van der Waals surface area (Å²) in [5.74, 6) is 0.979. The van der Waals surface area contributed by atoms with Crippen LogP contribution in [0.15, 0.2) is 40.9 Å². The number of hydrogen-bond acceptors (Lipinski definition) is 5. The summed E-state index contributed by atoms with van der Waals surface area (Å²) in [6.45, 7) is 3.98. The van der Waals surface area contributed by atoms with Crippen LogP contribution < -0.4 is 10.1 Å². The Morgan fingerprint density at radius 3 is 2.67 bits per heavy atom. The number of nitrogens with zero attached hydrogens (tertiary/aromatic N) is 2. The number of nitrogens with one attached hydrogen (secondary N) is 1. The van der Waals surface area contributed by atoms with Crippen LogP contribution in [0.4, 0.5) is 5.82 Å². The number of amides is 2. The molecule has 0 radical (unpaired) electrons. The van der Waals surface area contributed by atoms with E-state index in [-0.39, 0.29) is 25.0 Å². The quantitative estimate of drug-likeness (QED) is 0.802. The third kappa shape index (κ3) is 5.42. The Morgan fingerprint density at radius 1 is 1.29 bits per heavy atom. The van der Waals surface area contributed by atoms with Gasteiger partial charge >= 0.3 is 0 Å². The zero-order valence-corrected chi connectivity index (χ0v) is 13.8. The van der Waals surface area contributed by atoms with Gasteiger partial charge in [-0.1, -0.05) is 30.3 Å². The molecular weight excluding hydrogens is 310 g/mol. The largest absolute Gasteiger partial charge is 0.484 e. The second-order valence-electron chi connectivity index (χ2n) is 5.29. The van der Waals surface area contributed by atoms with Gasteiger partial charge in [0, 0.05) is 12.6 Å². The minimum atomic E-state index is -0.329. The molecule has 2 amide bonds. The van der Waals surface area contributed by atoms with Crippen molar-refractivity contribution in [1.29, 1.82) is 0 Å². The molecule has 0 atom stereocenters. The number of aryl methyl sites for hydroxylation is 1. The molecule has 7 heteroatoms. The number of rotatable bonds is 8. The lowest BCUT2D eigenvalue weighted by Gasteiger charge is -2.21. The van der Waals surface area contributed by atoms with Crippen LogP contribution >= 0.6 is 0 Å². The molecular formula is C17H21N3O4. The maximum atomic E-state index is 12.3. The van der Waals surface area contributed by atoms with E-state index in [2.05, 4.69) is 10.5 Å². The highest BCUT2D eigenvalue weighted by molar-refractivity contribution is 5.94. The molecule has 0 saturated heterocycles. The fraction of sp³-hybridized carbons (Fsp3) is 0.353. The van der Waals surface area contributed by atoms with E-state index in [0.29, 0.717) is 23.9 Å². The molecule has 0 fully saturated rings. The Balaban J connectivity index is 1.87. The van der Waals surface area contributed by atoms with Crippen molar-refractivity contribution in [2.75, 3.05) is 25.0 Å². The first kappa shape index (κ1) is 17.5. The highest BCUT2D eigenvalue weighted by atomic mass is 16.5. The van der Waals surface area contributed by atoms with Crippen LogP contribution in [0.3, 0.4) is 0 Å². The Labute approximate surface area is 140 Å².